The first-order valence-electron chi connectivity index (χ1n) is 7.94. The van der Waals surface area contributed by atoms with E-state index in [-0.39, 0.29) is 11.8 Å². The molecule has 1 fully saturated rings. The summed E-state index contributed by atoms with van der Waals surface area (Å²) in [7, 11) is 0. The molecule has 3 rings (SSSR count). The van der Waals surface area contributed by atoms with Crippen molar-refractivity contribution >= 4 is 11.8 Å². The number of nitrogens with one attached hydrogen (secondary N) is 1. The Bertz CT molecular complexity index is 664. The smallest absolute Gasteiger partial charge is 0.289 e. The van der Waals surface area contributed by atoms with Gasteiger partial charge >= 0.3 is 0 Å². The van der Waals surface area contributed by atoms with Crippen LogP contribution in [0.4, 0.5) is 0 Å². The molecule has 126 valence electrons. The van der Waals surface area contributed by atoms with Gasteiger partial charge in [-0.2, -0.15) is 0 Å². The molecule has 0 saturated carbocycles. The minimum absolute atomic E-state index is 0.0357. The van der Waals surface area contributed by atoms with Gasteiger partial charge in [-0.15, -0.1) is 0 Å². The summed E-state index contributed by atoms with van der Waals surface area (Å²) in [5.74, 6) is 0.224. The van der Waals surface area contributed by atoms with Gasteiger partial charge in [-0.25, -0.2) is 0 Å². The third-order valence-electron chi connectivity index (χ3n) is 3.95. The second-order valence-electron chi connectivity index (χ2n) is 5.64. The molecule has 0 aromatic carbocycles. The van der Waals surface area contributed by atoms with Crippen LogP contribution in [0.5, 0.6) is 0 Å². The van der Waals surface area contributed by atoms with Crippen molar-refractivity contribution in [3.63, 3.8) is 0 Å². The van der Waals surface area contributed by atoms with Gasteiger partial charge in [-0.3, -0.25) is 19.5 Å². The van der Waals surface area contributed by atoms with Crippen LogP contribution >= 0.6 is 0 Å². The lowest BCUT2D eigenvalue weighted by Gasteiger charge is -2.33. The maximum absolute atomic E-state index is 12.2. The largest absolute Gasteiger partial charge is 0.459 e. The molecule has 3 heterocycles. The van der Waals surface area contributed by atoms with E-state index >= 15 is 0 Å². The third-order valence-corrected chi connectivity index (χ3v) is 3.95. The zero-order chi connectivity index (χ0) is 16.8. The van der Waals surface area contributed by atoms with E-state index in [0.717, 1.165) is 5.69 Å². The van der Waals surface area contributed by atoms with Crippen LogP contribution in [0.2, 0.25) is 0 Å². The number of nitrogens with zero attached hydrogens (tertiary/aromatic N) is 3. The monoisotopic (exact) mass is 328 g/mol. The average Bonchev–Trinajstić information content (AvgIpc) is 3.16. The Balaban J connectivity index is 1.40. The molecule has 2 amide bonds. The van der Waals surface area contributed by atoms with Crippen LogP contribution in [0.1, 0.15) is 16.2 Å². The molecule has 1 saturated heterocycles. The highest BCUT2D eigenvalue weighted by Crippen LogP contribution is 2.09. The van der Waals surface area contributed by atoms with Crippen molar-refractivity contribution in [3.8, 4) is 0 Å². The summed E-state index contributed by atoms with van der Waals surface area (Å²) >= 11 is 0. The van der Waals surface area contributed by atoms with Gasteiger partial charge in [-0.05, 0) is 24.3 Å². The SMILES string of the molecule is O=C(CN1CCN(C(=O)c2ccco2)CC1)NCc1ccccn1. The number of furan rings is 1. The number of carbonyl (C=O) groups is 2. The summed E-state index contributed by atoms with van der Waals surface area (Å²) in [4.78, 5) is 32.1. The van der Waals surface area contributed by atoms with Gasteiger partial charge in [0.2, 0.25) is 5.91 Å². The highest BCUT2D eigenvalue weighted by molar-refractivity contribution is 5.91. The van der Waals surface area contributed by atoms with Crippen LogP contribution in [-0.4, -0.2) is 59.3 Å². The van der Waals surface area contributed by atoms with E-state index in [9.17, 15) is 9.59 Å². The number of hydrogen-bond acceptors (Lipinski definition) is 5. The average molecular weight is 328 g/mol. The summed E-state index contributed by atoms with van der Waals surface area (Å²) in [6.45, 7) is 3.28. The molecule has 1 N–H and O–H groups in total. The number of piperazine rings is 1. The first-order chi connectivity index (χ1) is 11.7. The quantitative estimate of drug-likeness (QED) is 0.876. The molecule has 2 aromatic rings. The zero-order valence-electron chi connectivity index (χ0n) is 13.4. The van der Waals surface area contributed by atoms with Crippen molar-refractivity contribution in [1.29, 1.82) is 0 Å². The van der Waals surface area contributed by atoms with Crippen molar-refractivity contribution in [1.82, 2.24) is 20.1 Å². The lowest BCUT2D eigenvalue weighted by atomic mass is 10.2. The Morgan fingerprint density at radius 1 is 1.12 bits per heavy atom. The molecule has 0 bridgehead atoms. The molecule has 7 heteroatoms. The Hall–Kier alpha value is -2.67. The first kappa shape index (κ1) is 16.2. The number of rotatable bonds is 5. The van der Waals surface area contributed by atoms with E-state index in [0.29, 0.717) is 45.0 Å². The molecular weight excluding hydrogens is 308 g/mol. The number of aromatic nitrogens is 1. The van der Waals surface area contributed by atoms with E-state index in [1.807, 2.05) is 23.1 Å². The van der Waals surface area contributed by atoms with E-state index in [1.165, 1.54) is 6.26 Å². The van der Waals surface area contributed by atoms with Gasteiger partial charge in [0.25, 0.3) is 5.91 Å². The Morgan fingerprint density at radius 2 is 1.96 bits per heavy atom. The molecule has 0 aliphatic carbocycles. The summed E-state index contributed by atoms with van der Waals surface area (Å²) < 4.78 is 5.14. The highest BCUT2D eigenvalue weighted by Gasteiger charge is 2.24. The van der Waals surface area contributed by atoms with Crippen LogP contribution in [-0.2, 0) is 11.3 Å². The topological polar surface area (TPSA) is 78.7 Å². The Kier molecular flexibility index (Phi) is 5.22. The molecular formula is C17H20N4O3. The molecule has 0 unspecified atom stereocenters. The summed E-state index contributed by atoms with van der Waals surface area (Å²) in [5.41, 5.74) is 0.833. The van der Waals surface area contributed by atoms with Crippen LogP contribution in [0, 0.1) is 0 Å². The summed E-state index contributed by atoms with van der Waals surface area (Å²) in [5, 5.41) is 2.86. The van der Waals surface area contributed by atoms with Gasteiger partial charge in [0.1, 0.15) is 0 Å². The number of pyridine rings is 1. The normalized spacial score (nSPS) is 15.2. The number of carbonyl (C=O) groups excluding carboxylic acids is 2. The van der Waals surface area contributed by atoms with Gasteiger partial charge in [0, 0.05) is 32.4 Å². The first-order valence-corrected chi connectivity index (χ1v) is 7.94. The Morgan fingerprint density at radius 3 is 2.62 bits per heavy atom. The standard InChI is InChI=1S/C17H20N4O3/c22-16(19-12-14-4-1-2-6-18-14)13-20-7-9-21(10-8-20)17(23)15-5-3-11-24-15/h1-6,11H,7-10,12-13H2,(H,19,22). The maximum Gasteiger partial charge on any atom is 0.289 e. The van der Waals surface area contributed by atoms with Gasteiger partial charge in [-0.1, -0.05) is 6.07 Å². The fourth-order valence-electron chi connectivity index (χ4n) is 2.62. The van der Waals surface area contributed by atoms with Crippen molar-refractivity contribution in [2.75, 3.05) is 32.7 Å². The van der Waals surface area contributed by atoms with E-state index in [4.69, 9.17) is 4.42 Å². The van der Waals surface area contributed by atoms with Crippen LogP contribution in [0.25, 0.3) is 0 Å². The molecule has 1 aliphatic rings. The second kappa shape index (κ2) is 7.74. The van der Waals surface area contributed by atoms with Crippen LogP contribution < -0.4 is 5.32 Å². The molecule has 0 spiro atoms. The predicted octanol–water partition coefficient (Wildman–Crippen LogP) is 0.749. The van der Waals surface area contributed by atoms with Gasteiger partial charge < -0.3 is 14.6 Å². The van der Waals surface area contributed by atoms with Crippen molar-refractivity contribution in [2.24, 2.45) is 0 Å². The highest BCUT2D eigenvalue weighted by atomic mass is 16.3. The van der Waals surface area contributed by atoms with Crippen molar-refractivity contribution < 1.29 is 14.0 Å². The zero-order valence-corrected chi connectivity index (χ0v) is 13.4. The number of hydrogen-bond donors (Lipinski definition) is 1. The predicted molar refractivity (Wildman–Crippen MR) is 87.1 cm³/mol. The molecule has 24 heavy (non-hydrogen) atoms. The molecule has 7 nitrogen and oxygen atoms in total. The maximum atomic E-state index is 12.2. The minimum Gasteiger partial charge on any atom is -0.459 e. The number of amides is 2. The van der Waals surface area contributed by atoms with Crippen LogP contribution in [0.15, 0.2) is 47.2 Å². The van der Waals surface area contributed by atoms with Crippen molar-refractivity contribution in [2.45, 2.75) is 6.54 Å². The Labute approximate surface area is 140 Å². The molecule has 0 atom stereocenters. The summed E-state index contributed by atoms with van der Waals surface area (Å²) in [6.07, 6.45) is 3.20. The fraction of sp³-hybridized carbons (Fsp3) is 0.353. The molecule has 0 radical (unpaired) electrons. The third kappa shape index (κ3) is 4.20. The van der Waals surface area contributed by atoms with Gasteiger partial charge in [0.05, 0.1) is 25.0 Å². The molecule has 2 aromatic heterocycles. The van der Waals surface area contributed by atoms with E-state index in [1.54, 1.807) is 23.2 Å². The van der Waals surface area contributed by atoms with E-state index in [2.05, 4.69) is 10.3 Å². The minimum atomic E-state index is -0.0979. The molecule has 1 aliphatic heterocycles. The summed E-state index contributed by atoms with van der Waals surface area (Å²) in [6, 6.07) is 8.98. The van der Waals surface area contributed by atoms with Gasteiger partial charge in [0.15, 0.2) is 5.76 Å². The lowest BCUT2D eigenvalue weighted by Crippen LogP contribution is -2.51. The van der Waals surface area contributed by atoms with Crippen molar-refractivity contribution in [3.05, 3.63) is 54.2 Å². The van der Waals surface area contributed by atoms with Crippen LogP contribution in [0.3, 0.4) is 0 Å². The fourth-order valence-corrected chi connectivity index (χ4v) is 2.62. The second-order valence-corrected chi connectivity index (χ2v) is 5.64. The van der Waals surface area contributed by atoms with E-state index < -0.39 is 0 Å². The lowest BCUT2D eigenvalue weighted by molar-refractivity contribution is -0.122.